The summed E-state index contributed by atoms with van der Waals surface area (Å²) < 4.78 is 7.26. The maximum atomic E-state index is 13.3. The van der Waals surface area contributed by atoms with Crippen LogP contribution in [-0.2, 0) is 4.79 Å². The molecule has 0 saturated carbocycles. The second kappa shape index (κ2) is 9.58. The fourth-order valence-electron chi connectivity index (χ4n) is 3.72. The van der Waals surface area contributed by atoms with Gasteiger partial charge in [0.05, 0.1) is 18.5 Å². The van der Waals surface area contributed by atoms with Gasteiger partial charge in [-0.2, -0.15) is 5.10 Å². The molecule has 1 fully saturated rings. The molecule has 0 N–H and O–H groups in total. The first-order valence-electron chi connectivity index (χ1n) is 10.5. The zero-order valence-corrected chi connectivity index (χ0v) is 19.0. The molecule has 3 heterocycles. The maximum absolute atomic E-state index is 13.3. The smallest absolute Gasteiger partial charge is 0.274 e. The van der Waals surface area contributed by atoms with E-state index in [1.54, 1.807) is 59.1 Å². The number of carbonyl (C=O) groups excluding carboxylic acids is 2. The van der Waals surface area contributed by atoms with Crippen LogP contribution in [-0.4, -0.2) is 83.1 Å². The van der Waals surface area contributed by atoms with Crippen molar-refractivity contribution in [3.05, 3.63) is 59.4 Å². The highest BCUT2D eigenvalue weighted by Crippen LogP contribution is 2.26. The van der Waals surface area contributed by atoms with Crippen molar-refractivity contribution in [2.75, 3.05) is 46.8 Å². The van der Waals surface area contributed by atoms with Crippen molar-refractivity contribution in [1.82, 2.24) is 24.5 Å². The quantitative estimate of drug-likeness (QED) is 0.591. The third-order valence-electron chi connectivity index (χ3n) is 5.49. The van der Waals surface area contributed by atoms with E-state index in [0.29, 0.717) is 48.3 Å². The van der Waals surface area contributed by atoms with E-state index in [0.717, 1.165) is 18.7 Å². The number of likely N-dealkylation sites (N-methyl/N-ethyl adjacent to an activating group) is 1. The summed E-state index contributed by atoms with van der Waals surface area (Å²) in [6.45, 7) is 2.94. The van der Waals surface area contributed by atoms with Gasteiger partial charge in [0.25, 0.3) is 5.91 Å². The fraction of sp³-hybridized carbons (Fsp3) is 0.348. The minimum absolute atomic E-state index is 0.0631. The molecule has 2 aromatic heterocycles. The zero-order valence-electron chi connectivity index (χ0n) is 18.2. The molecule has 168 valence electrons. The average Bonchev–Trinajstić information content (AvgIpc) is 3.40. The van der Waals surface area contributed by atoms with Crippen LogP contribution in [0.5, 0.6) is 0 Å². The molecule has 3 aromatic rings. The summed E-state index contributed by atoms with van der Waals surface area (Å²) in [6, 6.07) is 12.7. The van der Waals surface area contributed by atoms with Gasteiger partial charge in [-0.25, -0.2) is 4.68 Å². The zero-order chi connectivity index (χ0) is 22.7. The van der Waals surface area contributed by atoms with E-state index in [-0.39, 0.29) is 11.8 Å². The first kappa shape index (κ1) is 22.1. The predicted octanol–water partition coefficient (Wildman–Crippen LogP) is 3.02. The fourth-order valence-corrected chi connectivity index (χ4v) is 3.90. The standard InChI is InChI=1S/C23H26ClN5O3/c1-26(2)22(30)16-27-9-5-10-28(12-11-27)23(31)19-15-20(21-8-4-13-32-21)29(25-19)18-7-3-6-17(24)14-18/h3-4,6-8,13-15H,5,9-12,16H2,1-2H3. The van der Waals surface area contributed by atoms with Gasteiger partial charge in [0.2, 0.25) is 5.91 Å². The molecular formula is C23H26ClN5O3. The largest absolute Gasteiger partial charge is 0.463 e. The van der Waals surface area contributed by atoms with Crippen molar-refractivity contribution in [2.24, 2.45) is 0 Å². The van der Waals surface area contributed by atoms with Crippen molar-refractivity contribution in [3.8, 4) is 17.1 Å². The second-order valence-corrected chi connectivity index (χ2v) is 8.43. The van der Waals surface area contributed by atoms with Crippen LogP contribution in [0.1, 0.15) is 16.9 Å². The molecule has 0 atom stereocenters. The first-order chi connectivity index (χ1) is 15.4. The number of nitrogens with zero attached hydrogens (tertiary/aromatic N) is 5. The van der Waals surface area contributed by atoms with Gasteiger partial charge in [-0.1, -0.05) is 17.7 Å². The van der Waals surface area contributed by atoms with Gasteiger partial charge >= 0.3 is 0 Å². The molecule has 1 aliphatic heterocycles. The van der Waals surface area contributed by atoms with E-state index in [2.05, 4.69) is 10.00 Å². The summed E-state index contributed by atoms with van der Waals surface area (Å²) >= 11 is 6.18. The Labute approximate surface area is 191 Å². The average molecular weight is 456 g/mol. The molecule has 0 aliphatic carbocycles. The summed E-state index contributed by atoms with van der Waals surface area (Å²) in [6.07, 6.45) is 2.39. The molecule has 8 nitrogen and oxygen atoms in total. The molecular weight excluding hydrogens is 430 g/mol. The SMILES string of the molecule is CN(C)C(=O)CN1CCCN(C(=O)c2cc(-c3ccco3)n(-c3cccc(Cl)c3)n2)CC1. The topological polar surface area (TPSA) is 74.8 Å². The summed E-state index contributed by atoms with van der Waals surface area (Å²) in [4.78, 5) is 30.9. The van der Waals surface area contributed by atoms with E-state index in [1.165, 1.54) is 0 Å². The lowest BCUT2D eigenvalue weighted by Gasteiger charge is -2.22. The highest BCUT2D eigenvalue weighted by Gasteiger charge is 2.25. The Morgan fingerprint density at radius 2 is 1.94 bits per heavy atom. The second-order valence-electron chi connectivity index (χ2n) is 7.99. The van der Waals surface area contributed by atoms with Crippen molar-refractivity contribution in [1.29, 1.82) is 0 Å². The van der Waals surface area contributed by atoms with E-state index in [1.807, 2.05) is 18.2 Å². The Hall–Kier alpha value is -3.10. The van der Waals surface area contributed by atoms with Crippen LogP contribution in [0.4, 0.5) is 0 Å². The highest BCUT2D eigenvalue weighted by molar-refractivity contribution is 6.30. The van der Waals surface area contributed by atoms with Gasteiger partial charge in [-0.05, 0) is 36.8 Å². The third-order valence-corrected chi connectivity index (χ3v) is 5.72. The minimum Gasteiger partial charge on any atom is -0.463 e. The maximum Gasteiger partial charge on any atom is 0.274 e. The number of furan rings is 1. The summed E-state index contributed by atoms with van der Waals surface area (Å²) in [5.74, 6) is 0.535. The molecule has 2 amide bonds. The van der Waals surface area contributed by atoms with Gasteiger partial charge in [0.15, 0.2) is 11.5 Å². The Bertz CT molecular complexity index is 1090. The van der Waals surface area contributed by atoms with Crippen LogP contribution in [0.25, 0.3) is 17.1 Å². The molecule has 0 spiro atoms. The Morgan fingerprint density at radius 3 is 2.66 bits per heavy atom. The predicted molar refractivity (Wildman–Crippen MR) is 122 cm³/mol. The van der Waals surface area contributed by atoms with Crippen LogP contribution in [0.2, 0.25) is 5.02 Å². The molecule has 32 heavy (non-hydrogen) atoms. The molecule has 4 rings (SSSR count). The molecule has 0 unspecified atom stereocenters. The van der Waals surface area contributed by atoms with Crippen LogP contribution in [0, 0.1) is 0 Å². The summed E-state index contributed by atoms with van der Waals surface area (Å²) in [5, 5.41) is 5.19. The molecule has 1 aliphatic rings. The van der Waals surface area contributed by atoms with Crippen molar-refractivity contribution < 1.29 is 14.0 Å². The number of rotatable bonds is 5. The van der Waals surface area contributed by atoms with Crippen LogP contribution >= 0.6 is 11.6 Å². The number of hydrogen-bond acceptors (Lipinski definition) is 5. The number of benzene rings is 1. The third kappa shape index (κ3) is 4.87. The number of amides is 2. The Balaban J connectivity index is 1.56. The molecule has 0 radical (unpaired) electrons. The van der Waals surface area contributed by atoms with Gasteiger partial charge in [-0.15, -0.1) is 0 Å². The first-order valence-corrected chi connectivity index (χ1v) is 10.9. The molecule has 1 saturated heterocycles. The van der Waals surface area contributed by atoms with Gasteiger partial charge in [0.1, 0.15) is 5.69 Å². The summed E-state index contributed by atoms with van der Waals surface area (Å²) in [7, 11) is 3.51. The van der Waals surface area contributed by atoms with Crippen LogP contribution in [0.3, 0.4) is 0 Å². The van der Waals surface area contributed by atoms with Gasteiger partial charge in [-0.3, -0.25) is 14.5 Å². The van der Waals surface area contributed by atoms with E-state index in [9.17, 15) is 9.59 Å². The Kier molecular flexibility index (Phi) is 6.62. The molecule has 0 bridgehead atoms. The van der Waals surface area contributed by atoms with Gasteiger partial charge < -0.3 is 14.2 Å². The van der Waals surface area contributed by atoms with E-state index >= 15 is 0 Å². The number of hydrogen-bond donors (Lipinski definition) is 0. The van der Waals surface area contributed by atoms with Crippen molar-refractivity contribution in [2.45, 2.75) is 6.42 Å². The van der Waals surface area contributed by atoms with Gasteiger partial charge in [0, 0.05) is 51.4 Å². The van der Waals surface area contributed by atoms with Crippen LogP contribution in [0.15, 0.2) is 53.1 Å². The van der Waals surface area contributed by atoms with E-state index in [4.69, 9.17) is 16.0 Å². The lowest BCUT2D eigenvalue weighted by molar-refractivity contribution is -0.129. The van der Waals surface area contributed by atoms with E-state index < -0.39 is 0 Å². The number of halogens is 1. The van der Waals surface area contributed by atoms with Crippen LogP contribution < -0.4 is 0 Å². The lowest BCUT2D eigenvalue weighted by atomic mass is 10.2. The minimum atomic E-state index is -0.139. The van der Waals surface area contributed by atoms with Crippen molar-refractivity contribution >= 4 is 23.4 Å². The van der Waals surface area contributed by atoms with Crippen molar-refractivity contribution in [3.63, 3.8) is 0 Å². The molecule has 9 heteroatoms. The number of carbonyl (C=O) groups is 2. The summed E-state index contributed by atoms with van der Waals surface area (Å²) in [5.41, 5.74) is 1.76. The molecule has 1 aromatic carbocycles. The Morgan fingerprint density at radius 1 is 1.09 bits per heavy atom. The number of aromatic nitrogens is 2. The normalized spacial score (nSPS) is 14.9. The monoisotopic (exact) mass is 455 g/mol. The lowest BCUT2D eigenvalue weighted by Crippen LogP contribution is -2.39. The highest BCUT2D eigenvalue weighted by atomic mass is 35.5.